The van der Waals surface area contributed by atoms with Crippen molar-refractivity contribution in [1.82, 2.24) is 3.97 Å². The molecular formula is C19H15ClF3NO4S2. The molecule has 0 aliphatic rings. The molecule has 0 saturated heterocycles. The second kappa shape index (κ2) is 8.16. The van der Waals surface area contributed by atoms with Crippen molar-refractivity contribution in [1.29, 1.82) is 0 Å². The molecule has 3 aromatic rings. The highest BCUT2D eigenvalue weighted by atomic mass is 35.5. The van der Waals surface area contributed by atoms with E-state index < -0.39 is 15.5 Å². The number of benzene rings is 2. The van der Waals surface area contributed by atoms with E-state index in [4.69, 9.17) is 16.3 Å². The molecule has 30 heavy (non-hydrogen) atoms. The summed E-state index contributed by atoms with van der Waals surface area (Å²) < 4.78 is 70.5. The molecule has 0 atom stereocenters. The van der Waals surface area contributed by atoms with Gasteiger partial charge in [0.05, 0.1) is 22.5 Å². The molecule has 1 aromatic heterocycles. The van der Waals surface area contributed by atoms with Crippen LogP contribution in [0.2, 0.25) is 5.02 Å². The molecule has 0 spiro atoms. The number of hydrogen-bond acceptors (Lipinski definition) is 5. The normalized spacial score (nSPS) is 12.3. The fourth-order valence-electron chi connectivity index (χ4n) is 3.18. The smallest absolute Gasteiger partial charge is 0.446 e. The van der Waals surface area contributed by atoms with E-state index in [1.165, 1.54) is 13.2 Å². The monoisotopic (exact) mass is 477 g/mol. The average Bonchev–Trinajstić information content (AvgIpc) is 2.92. The van der Waals surface area contributed by atoms with Crippen molar-refractivity contribution >= 4 is 50.6 Å². The number of halogens is 4. The average molecular weight is 478 g/mol. The Kier molecular flexibility index (Phi) is 6.13. The van der Waals surface area contributed by atoms with Crippen LogP contribution >= 0.6 is 23.4 Å². The summed E-state index contributed by atoms with van der Waals surface area (Å²) in [6, 6.07) is 7.38. The van der Waals surface area contributed by atoms with Gasteiger partial charge in [-0.1, -0.05) is 11.6 Å². The summed E-state index contributed by atoms with van der Waals surface area (Å²) in [5.41, 5.74) is -3.45. The minimum absolute atomic E-state index is 0.0310. The maximum atomic E-state index is 13.3. The highest BCUT2D eigenvalue weighted by Crippen LogP contribution is 2.39. The Morgan fingerprint density at radius 1 is 1.20 bits per heavy atom. The summed E-state index contributed by atoms with van der Waals surface area (Å²) in [7, 11) is -2.77. The van der Waals surface area contributed by atoms with Crippen LogP contribution in [0.1, 0.15) is 11.3 Å². The van der Waals surface area contributed by atoms with Gasteiger partial charge in [-0.15, -0.1) is 0 Å². The van der Waals surface area contributed by atoms with Crippen molar-refractivity contribution in [2.75, 3.05) is 7.11 Å². The minimum Gasteiger partial charge on any atom is -0.495 e. The maximum Gasteiger partial charge on any atom is 0.446 e. The van der Waals surface area contributed by atoms with E-state index in [0.717, 1.165) is 28.2 Å². The van der Waals surface area contributed by atoms with Gasteiger partial charge in [-0.05, 0) is 60.6 Å². The van der Waals surface area contributed by atoms with Crippen molar-refractivity contribution in [2.24, 2.45) is 0 Å². The molecule has 0 unspecified atom stereocenters. The predicted octanol–water partition coefficient (Wildman–Crippen LogP) is 5.20. The highest BCUT2D eigenvalue weighted by molar-refractivity contribution is 8.00. The zero-order chi connectivity index (χ0) is 22.3. The molecule has 160 valence electrons. The van der Waals surface area contributed by atoms with Gasteiger partial charge in [0, 0.05) is 22.4 Å². The molecule has 0 aliphatic heterocycles. The lowest BCUT2D eigenvalue weighted by Crippen LogP contribution is -2.14. The predicted molar refractivity (Wildman–Crippen MR) is 109 cm³/mol. The van der Waals surface area contributed by atoms with Gasteiger partial charge < -0.3 is 9.53 Å². The first-order chi connectivity index (χ1) is 14.0. The summed E-state index contributed by atoms with van der Waals surface area (Å²) in [6.07, 6.45) is 0.625. The second-order valence-corrected chi connectivity index (χ2v) is 9.56. The Bertz CT molecular complexity index is 1220. The summed E-state index contributed by atoms with van der Waals surface area (Å²) in [5, 5.41) is 0.655. The molecule has 3 rings (SSSR count). The summed E-state index contributed by atoms with van der Waals surface area (Å²) in [5.74, 6) is 0.319. The fraction of sp³-hybridized carbons (Fsp3) is 0.211. The topological polar surface area (TPSA) is 65.4 Å². The number of fused-ring (bicyclic) bond motifs is 1. The second-order valence-electron chi connectivity index (χ2n) is 6.23. The molecule has 0 amide bonds. The summed E-state index contributed by atoms with van der Waals surface area (Å²) >= 11 is 5.85. The first-order valence-corrected chi connectivity index (χ1v) is 11.1. The van der Waals surface area contributed by atoms with Gasteiger partial charge in [0.25, 0.3) is 10.0 Å². The van der Waals surface area contributed by atoms with E-state index in [2.05, 4.69) is 0 Å². The molecule has 0 saturated carbocycles. The SMILES string of the molecule is COc1cc2c(CC=O)c(C)n(S(=O)(=O)c3ccc(SC(F)(F)F)cc3)c2cc1Cl. The van der Waals surface area contributed by atoms with Crippen molar-refractivity contribution < 1.29 is 31.1 Å². The standard InChI is InChI=1S/C19H15ClF3NO4S2/c1-11-14(7-8-25)15-9-18(28-2)16(20)10-17(15)24(11)30(26,27)13-5-3-12(4-6-13)29-19(21,22)23/h3-6,8-10H,7H2,1-2H3. The van der Waals surface area contributed by atoms with Crippen LogP contribution in [-0.2, 0) is 21.2 Å². The van der Waals surface area contributed by atoms with Crippen molar-refractivity contribution in [3.63, 3.8) is 0 Å². The molecule has 0 radical (unpaired) electrons. The first kappa shape index (κ1) is 22.5. The lowest BCUT2D eigenvalue weighted by molar-refractivity contribution is -0.107. The fourth-order valence-corrected chi connectivity index (χ4v) is 5.52. The molecular weight excluding hydrogens is 463 g/mol. The van der Waals surface area contributed by atoms with Gasteiger partial charge >= 0.3 is 5.51 Å². The lowest BCUT2D eigenvalue weighted by Gasteiger charge is -2.12. The molecule has 1 heterocycles. The third kappa shape index (κ3) is 4.17. The number of ether oxygens (including phenoxy) is 1. The quantitative estimate of drug-likeness (QED) is 0.360. The third-order valence-electron chi connectivity index (χ3n) is 4.44. The number of alkyl halides is 3. The number of aromatic nitrogens is 1. The van der Waals surface area contributed by atoms with Crippen LogP contribution in [0, 0.1) is 6.92 Å². The van der Waals surface area contributed by atoms with E-state index in [1.807, 2.05) is 0 Å². The maximum absolute atomic E-state index is 13.3. The van der Waals surface area contributed by atoms with Gasteiger partial charge in [-0.2, -0.15) is 13.2 Å². The van der Waals surface area contributed by atoms with Crippen LogP contribution in [0.5, 0.6) is 5.75 Å². The Morgan fingerprint density at radius 3 is 2.37 bits per heavy atom. The Labute approximate surface area is 179 Å². The van der Waals surface area contributed by atoms with Crippen molar-refractivity contribution in [3.8, 4) is 5.75 Å². The number of hydrogen-bond donors (Lipinski definition) is 0. The largest absolute Gasteiger partial charge is 0.495 e. The molecule has 0 aliphatic carbocycles. The molecule has 0 bridgehead atoms. The van der Waals surface area contributed by atoms with Crippen molar-refractivity contribution in [2.45, 2.75) is 28.6 Å². The first-order valence-electron chi connectivity index (χ1n) is 8.42. The molecule has 5 nitrogen and oxygen atoms in total. The number of carbonyl (C=O) groups is 1. The minimum atomic E-state index is -4.48. The van der Waals surface area contributed by atoms with Crippen molar-refractivity contribution in [3.05, 3.63) is 52.7 Å². The van der Waals surface area contributed by atoms with Gasteiger partial charge in [0.15, 0.2) is 0 Å². The van der Waals surface area contributed by atoms with Crippen LogP contribution < -0.4 is 4.74 Å². The van der Waals surface area contributed by atoms with E-state index in [-0.39, 0.29) is 38.5 Å². The van der Waals surface area contributed by atoms with Crippen LogP contribution in [0.3, 0.4) is 0 Å². The molecule has 2 aromatic carbocycles. The lowest BCUT2D eigenvalue weighted by atomic mass is 10.1. The summed E-state index contributed by atoms with van der Waals surface area (Å²) in [6.45, 7) is 1.55. The van der Waals surface area contributed by atoms with Gasteiger partial charge in [0.2, 0.25) is 0 Å². The van der Waals surface area contributed by atoms with Gasteiger partial charge in [0.1, 0.15) is 12.0 Å². The molecule has 11 heteroatoms. The zero-order valence-electron chi connectivity index (χ0n) is 15.7. The number of methoxy groups -OCH3 is 1. The van der Waals surface area contributed by atoms with Gasteiger partial charge in [-0.3, -0.25) is 0 Å². The van der Waals surface area contributed by atoms with Crippen LogP contribution in [-0.4, -0.2) is 31.3 Å². The summed E-state index contributed by atoms with van der Waals surface area (Å²) in [4.78, 5) is 10.8. The number of thioether (sulfide) groups is 1. The molecule has 0 fully saturated rings. The van der Waals surface area contributed by atoms with Crippen LogP contribution in [0.15, 0.2) is 46.2 Å². The van der Waals surface area contributed by atoms with E-state index in [1.54, 1.807) is 13.0 Å². The van der Waals surface area contributed by atoms with Crippen LogP contribution in [0.25, 0.3) is 10.9 Å². The van der Waals surface area contributed by atoms with Crippen LogP contribution in [0.4, 0.5) is 13.2 Å². The number of aldehydes is 1. The Morgan fingerprint density at radius 2 is 1.83 bits per heavy atom. The zero-order valence-corrected chi connectivity index (χ0v) is 18.0. The molecule has 0 N–H and O–H groups in total. The number of carbonyl (C=O) groups excluding carboxylic acids is 1. The number of rotatable bonds is 6. The Hall–Kier alpha value is -2.17. The van der Waals surface area contributed by atoms with E-state index >= 15 is 0 Å². The van der Waals surface area contributed by atoms with E-state index in [9.17, 15) is 26.4 Å². The number of nitrogens with zero attached hydrogens (tertiary/aromatic N) is 1. The van der Waals surface area contributed by atoms with Gasteiger partial charge in [-0.25, -0.2) is 12.4 Å². The Balaban J connectivity index is 2.20. The third-order valence-corrected chi connectivity index (χ3v) is 7.29. The highest BCUT2D eigenvalue weighted by Gasteiger charge is 2.30. The van der Waals surface area contributed by atoms with E-state index in [0.29, 0.717) is 28.7 Å².